The van der Waals surface area contributed by atoms with Crippen LogP contribution in [0.5, 0.6) is 0 Å². The van der Waals surface area contributed by atoms with E-state index >= 15 is 0 Å². The van der Waals surface area contributed by atoms with Gasteiger partial charge in [-0.3, -0.25) is 0 Å². The van der Waals surface area contributed by atoms with Crippen molar-refractivity contribution in [3.05, 3.63) is 48.6 Å². The number of hydrogen-bond acceptors (Lipinski definition) is 1. The van der Waals surface area contributed by atoms with E-state index in [0.29, 0.717) is 13.2 Å². The number of ether oxygens (including phenoxy) is 1. The molecule has 0 atom stereocenters. The SMILES string of the molecule is C=CCOCc1c[c-]ccc1.[Zn+][Br]. The molecule has 13 heavy (non-hydrogen) atoms. The van der Waals surface area contributed by atoms with Crippen LogP contribution < -0.4 is 0 Å². The van der Waals surface area contributed by atoms with E-state index in [1.807, 2.05) is 24.3 Å². The fraction of sp³-hybridized carbons (Fsp3) is 0.200. The van der Waals surface area contributed by atoms with E-state index in [0.717, 1.165) is 5.56 Å². The minimum atomic E-state index is 0.606. The summed E-state index contributed by atoms with van der Waals surface area (Å²) < 4.78 is 5.23. The molecule has 0 amide bonds. The Kier molecular flexibility index (Phi) is 10.1. The Labute approximate surface area is 96.2 Å². The van der Waals surface area contributed by atoms with E-state index in [1.54, 1.807) is 6.08 Å². The summed E-state index contributed by atoms with van der Waals surface area (Å²) >= 11 is 4.25. The quantitative estimate of drug-likeness (QED) is 0.359. The van der Waals surface area contributed by atoms with Gasteiger partial charge < -0.3 is 4.74 Å². The van der Waals surface area contributed by atoms with Crippen LogP contribution in [0.25, 0.3) is 0 Å². The number of halogens is 1. The van der Waals surface area contributed by atoms with E-state index < -0.39 is 0 Å². The first-order chi connectivity index (χ1) is 6.43. The predicted molar refractivity (Wildman–Crippen MR) is 54.1 cm³/mol. The molecule has 0 fully saturated rings. The summed E-state index contributed by atoms with van der Waals surface area (Å²) in [4.78, 5) is 0. The molecular weight excluding hydrogens is 281 g/mol. The molecule has 1 aromatic carbocycles. The van der Waals surface area contributed by atoms with Gasteiger partial charge in [-0.2, -0.15) is 30.3 Å². The van der Waals surface area contributed by atoms with Gasteiger partial charge in [0, 0.05) is 6.61 Å². The first-order valence-electron chi connectivity index (χ1n) is 3.84. The van der Waals surface area contributed by atoms with Crippen LogP contribution >= 0.6 is 13.6 Å². The van der Waals surface area contributed by atoms with Crippen LogP contribution in [0.4, 0.5) is 0 Å². The van der Waals surface area contributed by atoms with Gasteiger partial charge in [-0.05, 0) is 0 Å². The molecule has 0 aliphatic carbocycles. The van der Waals surface area contributed by atoms with Gasteiger partial charge in [-0.25, -0.2) is 0 Å². The van der Waals surface area contributed by atoms with Crippen LogP contribution in [-0.4, -0.2) is 6.61 Å². The van der Waals surface area contributed by atoms with Crippen molar-refractivity contribution >= 4 is 13.6 Å². The van der Waals surface area contributed by atoms with Gasteiger partial charge in [-0.15, -0.1) is 12.1 Å². The van der Waals surface area contributed by atoms with Crippen molar-refractivity contribution in [2.24, 2.45) is 0 Å². The Morgan fingerprint density at radius 2 is 2.38 bits per heavy atom. The van der Waals surface area contributed by atoms with Crippen LogP contribution in [0.3, 0.4) is 0 Å². The Morgan fingerprint density at radius 3 is 2.92 bits per heavy atom. The number of hydrogen-bond donors (Lipinski definition) is 0. The zero-order chi connectivity index (χ0) is 9.94. The summed E-state index contributed by atoms with van der Waals surface area (Å²) in [5, 5.41) is 0. The Bertz CT molecular complexity index is 213. The van der Waals surface area contributed by atoms with Crippen LogP contribution in [0.15, 0.2) is 36.9 Å². The molecule has 0 aromatic heterocycles. The Balaban J connectivity index is 0.000000671. The van der Waals surface area contributed by atoms with Gasteiger partial charge in [0.05, 0.1) is 6.61 Å². The van der Waals surface area contributed by atoms with Gasteiger partial charge in [0.2, 0.25) is 0 Å². The molecule has 0 N–H and O–H groups in total. The summed E-state index contributed by atoms with van der Waals surface area (Å²) in [5.74, 6) is 0. The van der Waals surface area contributed by atoms with Crippen LogP contribution in [0, 0.1) is 6.07 Å². The monoisotopic (exact) mass is 290 g/mol. The number of benzene rings is 1. The molecule has 1 aromatic rings. The van der Waals surface area contributed by atoms with Crippen molar-refractivity contribution in [3.8, 4) is 0 Å². The molecule has 66 valence electrons. The van der Waals surface area contributed by atoms with Crippen LogP contribution in [0.2, 0.25) is 0 Å². The standard InChI is InChI=1S/C10H11O.BrH.Zn/c1-2-8-11-9-10-6-4-3-5-7-10;;/h2-4,6-7H,1,8-9H2;1H;/q-1;;+2/p-1. The molecule has 0 aliphatic heterocycles. The second-order valence-electron chi connectivity index (χ2n) is 2.22. The van der Waals surface area contributed by atoms with Crippen molar-refractivity contribution in [1.82, 2.24) is 0 Å². The van der Waals surface area contributed by atoms with E-state index in [1.165, 1.54) is 16.3 Å². The molecule has 1 nitrogen and oxygen atoms in total. The fourth-order valence-corrected chi connectivity index (χ4v) is 0.780. The molecule has 0 heterocycles. The van der Waals surface area contributed by atoms with E-state index in [9.17, 15) is 0 Å². The molecule has 0 unspecified atom stereocenters. The van der Waals surface area contributed by atoms with Crippen molar-refractivity contribution in [1.29, 1.82) is 0 Å². The molecule has 0 aliphatic rings. The molecule has 1 rings (SSSR count). The van der Waals surface area contributed by atoms with Gasteiger partial charge in [0.25, 0.3) is 0 Å². The summed E-state index contributed by atoms with van der Waals surface area (Å²) in [6, 6.07) is 10.7. The van der Waals surface area contributed by atoms with Crippen LogP contribution in [0.1, 0.15) is 5.56 Å². The predicted octanol–water partition coefficient (Wildman–Crippen LogP) is 3.03. The third-order valence-corrected chi connectivity index (χ3v) is 1.28. The molecule has 0 radical (unpaired) electrons. The fourth-order valence-electron chi connectivity index (χ4n) is 0.780. The van der Waals surface area contributed by atoms with E-state index in [2.05, 4.69) is 26.3 Å². The Morgan fingerprint density at radius 1 is 1.62 bits per heavy atom. The van der Waals surface area contributed by atoms with E-state index in [4.69, 9.17) is 4.74 Å². The minimum absolute atomic E-state index is 0.606. The summed E-state index contributed by atoms with van der Waals surface area (Å²) in [6.07, 6.45) is 1.74. The third-order valence-electron chi connectivity index (χ3n) is 1.28. The second kappa shape index (κ2) is 10.1. The second-order valence-corrected chi connectivity index (χ2v) is 2.22. The maximum atomic E-state index is 5.23. The van der Waals surface area contributed by atoms with Gasteiger partial charge in [-0.1, -0.05) is 6.08 Å². The normalized spacial score (nSPS) is 8.54. The van der Waals surface area contributed by atoms with Crippen LogP contribution in [-0.2, 0) is 27.7 Å². The number of rotatable bonds is 4. The average molecular weight is 292 g/mol. The molecule has 0 saturated carbocycles. The third kappa shape index (κ3) is 7.12. The molecule has 0 spiro atoms. The summed E-state index contributed by atoms with van der Waals surface area (Å²) in [6.45, 7) is 4.81. The Hall–Kier alpha value is 0.0234. The first kappa shape index (κ1) is 13.0. The van der Waals surface area contributed by atoms with Gasteiger partial charge >= 0.3 is 30.0 Å². The maximum absolute atomic E-state index is 5.23. The van der Waals surface area contributed by atoms with Crippen molar-refractivity contribution in [3.63, 3.8) is 0 Å². The molecule has 3 heteroatoms. The zero-order valence-electron chi connectivity index (χ0n) is 7.50. The van der Waals surface area contributed by atoms with E-state index in [-0.39, 0.29) is 0 Å². The molecule has 0 saturated heterocycles. The molecular formula is C10H11BrOZn. The average Bonchev–Trinajstić information content (AvgIpc) is 2.23. The topological polar surface area (TPSA) is 9.23 Å². The van der Waals surface area contributed by atoms with Crippen molar-refractivity contribution in [2.75, 3.05) is 6.61 Å². The summed E-state index contributed by atoms with van der Waals surface area (Å²) in [7, 11) is 0. The van der Waals surface area contributed by atoms with Crippen molar-refractivity contribution in [2.45, 2.75) is 6.61 Å². The van der Waals surface area contributed by atoms with Gasteiger partial charge in [0.1, 0.15) is 0 Å². The molecule has 0 bridgehead atoms. The zero-order valence-corrected chi connectivity index (χ0v) is 12.1. The summed E-state index contributed by atoms with van der Waals surface area (Å²) in [5.41, 5.74) is 1.15. The first-order valence-corrected chi connectivity index (χ1v) is 10.8. The van der Waals surface area contributed by atoms with Gasteiger partial charge in [0.15, 0.2) is 0 Å². The van der Waals surface area contributed by atoms with Crippen molar-refractivity contribution < 1.29 is 21.1 Å².